The Hall–Kier alpha value is -3.73. The van der Waals surface area contributed by atoms with Crippen molar-refractivity contribution < 1.29 is 4.39 Å². The average Bonchev–Trinajstić information content (AvgIpc) is 2.81. The average molecular weight is 447 g/mol. The van der Waals surface area contributed by atoms with E-state index in [1.165, 1.54) is 12.1 Å². The summed E-state index contributed by atoms with van der Waals surface area (Å²) in [6.45, 7) is 3.84. The molecule has 1 aliphatic rings. The minimum atomic E-state index is -0.641. The van der Waals surface area contributed by atoms with E-state index < -0.39 is 5.82 Å². The van der Waals surface area contributed by atoms with Crippen LogP contribution >= 0.6 is 0 Å². The highest BCUT2D eigenvalue weighted by atomic mass is 19.1. The molecule has 170 valence electrons. The number of pyridine rings is 1. The van der Waals surface area contributed by atoms with Crippen LogP contribution in [0.25, 0.3) is 22.4 Å². The van der Waals surface area contributed by atoms with Gasteiger partial charge in [-0.3, -0.25) is 9.36 Å². The fourth-order valence-electron chi connectivity index (χ4n) is 4.10. The zero-order valence-electron chi connectivity index (χ0n) is 19.3. The van der Waals surface area contributed by atoms with E-state index in [1.54, 1.807) is 23.9 Å². The van der Waals surface area contributed by atoms with Gasteiger partial charge in [0.15, 0.2) is 0 Å². The number of hydrogen-bond donors (Lipinski definition) is 0. The van der Waals surface area contributed by atoms with E-state index in [2.05, 4.69) is 16.8 Å². The van der Waals surface area contributed by atoms with Crippen molar-refractivity contribution in [1.82, 2.24) is 14.5 Å². The van der Waals surface area contributed by atoms with Gasteiger partial charge in [0.25, 0.3) is 5.56 Å². The molecule has 0 atom stereocenters. The van der Waals surface area contributed by atoms with Gasteiger partial charge in [-0.2, -0.15) is 5.26 Å². The lowest BCUT2D eigenvalue weighted by molar-refractivity contribution is 0.431. The van der Waals surface area contributed by atoms with Crippen LogP contribution in [0.2, 0.25) is 0 Å². The number of aromatic nitrogens is 3. The summed E-state index contributed by atoms with van der Waals surface area (Å²) in [5.74, 6) is 1.31. The van der Waals surface area contributed by atoms with Gasteiger partial charge in [-0.1, -0.05) is 13.0 Å². The van der Waals surface area contributed by atoms with Gasteiger partial charge in [0.1, 0.15) is 17.7 Å². The zero-order valence-corrected chi connectivity index (χ0v) is 19.3. The number of rotatable bonds is 4. The molecule has 2 aromatic heterocycles. The monoisotopic (exact) mass is 446 g/mol. The van der Waals surface area contributed by atoms with Gasteiger partial charge >= 0.3 is 0 Å². The third-order valence-corrected chi connectivity index (χ3v) is 6.19. The van der Waals surface area contributed by atoms with Crippen molar-refractivity contribution >= 4 is 11.8 Å². The maximum absolute atomic E-state index is 14.5. The molecule has 0 aliphatic carbocycles. The highest BCUT2D eigenvalue weighted by Crippen LogP contribution is 2.32. The van der Waals surface area contributed by atoms with Gasteiger partial charge in [-0.25, -0.2) is 14.4 Å². The smallest absolute Gasteiger partial charge is 0.263 e. The first-order chi connectivity index (χ1) is 15.8. The summed E-state index contributed by atoms with van der Waals surface area (Å²) in [7, 11) is 5.50. The van der Waals surface area contributed by atoms with Crippen molar-refractivity contribution in [2.45, 2.75) is 19.8 Å². The Morgan fingerprint density at radius 3 is 2.42 bits per heavy atom. The first kappa shape index (κ1) is 22.5. The van der Waals surface area contributed by atoms with E-state index in [9.17, 15) is 9.18 Å². The first-order valence-corrected chi connectivity index (χ1v) is 11.0. The summed E-state index contributed by atoms with van der Waals surface area (Å²) >= 11 is 0. The van der Waals surface area contributed by atoms with E-state index >= 15 is 0 Å². The molecule has 7 nitrogen and oxygen atoms in total. The number of nitrogens with zero attached hydrogens (tertiary/aromatic N) is 6. The molecule has 0 spiro atoms. The predicted molar refractivity (Wildman–Crippen MR) is 128 cm³/mol. The molecule has 3 aromatic rings. The van der Waals surface area contributed by atoms with Gasteiger partial charge in [0.2, 0.25) is 5.95 Å². The lowest BCUT2D eigenvalue weighted by Gasteiger charge is -2.32. The molecule has 0 radical (unpaired) electrons. The molecule has 0 amide bonds. The third kappa shape index (κ3) is 4.31. The van der Waals surface area contributed by atoms with E-state index in [0.717, 1.165) is 31.7 Å². The fourth-order valence-corrected chi connectivity index (χ4v) is 4.10. The number of nitriles is 1. The highest BCUT2D eigenvalue weighted by molar-refractivity contribution is 5.81. The molecule has 0 bridgehead atoms. The minimum Gasteiger partial charge on any atom is -0.363 e. The summed E-state index contributed by atoms with van der Waals surface area (Å²) in [5, 5.41) is 9.12. The van der Waals surface area contributed by atoms with Gasteiger partial charge < -0.3 is 9.80 Å². The summed E-state index contributed by atoms with van der Waals surface area (Å²) < 4.78 is 16.1. The van der Waals surface area contributed by atoms with Crippen molar-refractivity contribution in [3.05, 3.63) is 58.3 Å². The number of benzene rings is 1. The summed E-state index contributed by atoms with van der Waals surface area (Å²) in [5.41, 5.74) is 1.52. The molecular formula is C25H27FN6O. The second-order valence-corrected chi connectivity index (χ2v) is 8.78. The van der Waals surface area contributed by atoms with Gasteiger partial charge in [-0.15, -0.1) is 0 Å². The van der Waals surface area contributed by atoms with Crippen LogP contribution in [0.5, 0.6) is 0 Å². The Morgan fingerprint density at radius 1 is 1.15 bits per heavy atom. The van der Waals surface area contributed by atoms with E-state index in [0.29, 0.717) is 34.3 Å². The molecule has 1 aromatic carbocycles. The van der Waals surface area contributed by atoms with Gasteiger partial charge in [0, 0.05) is 51.6 Å². The molecule has 1 fully saturated rings. The molecule has 3 heterocycles. The van der Waals surface area contributed by atoms with Crippen LogP contribution in [-0.2, 0) is 7.05 Å². The molecule has 1 aliphatic heterocycles. The van der Waals surface area contributed by atoms with Crippen molar-refractivity contribution in [2.24, 2.45) is 13.0 Å². The standard InChI is InChI=1S/C25H27FN6O/c1-16-9-11-32(12-10-16)25-29-23(17-5-6-18(14-27)20(26)13-17)22(24(33)31(25)4)19-7-8-21(28-15-19)30(2)3/h5-8,13,15-16H,9-12H2,1-4H3. The number of hydrogen-bond acceptors (Lipinski definition) is 6. The van der Waals surface area contributed by atoms with Crippen molar-refractivity contribution in [1.29, 1.82) is 5.26 Å². The molecule has 0 saturated carbocycles. The van der Waals surface area contributed by atoms with Gasteiger partial charge in [0.05, 0.1) is 16.8 Å². The molecule has 4 rings (SSSR count). The summed E-state index contributed by atoms with van der Waals surface area (Å²) in [4.78, 5) is 26.9. The third-order valence-electron chi connectivity index (χ3n) is 6.19. The SMILES string of the molecule is CC1CCN(c2nc(-c3ccc(C#N)c(F)c3)c(-c3ccc(N(C)C)nc3)c(=O)n2C)CC1. The maximum Gasteiger partial charge on any atom is 0.263 e. The van der Waals surface area contributed by atoms with E-state index in [4.69, 9.17) is 10.2 Å². The van der Waals surface area contributed by atoms with Crippen LogP contribution in [0.4, 0.5) is 16.2 Å². The summed E-state index contributed by atoms with van der Waals surface area (Å²) in [6, 6.07) is 9.82. The fraction of sp³-hybridized carbons (Fsp3) is 0.360. The second-order valence-electron chi connectivity index (χ2n) is 8.78. The van der Waals surface area contributed by atoms with Crippen molar-refractivity contribution in [2.75, 3.05) is 37.0 Å². The molecule has 0 unspecified atom stereocenters. The summed E-state index contributed by atoms with van der Waals surface area (Å²) in [6.07, 6.45) is 3.68. The lowest BCUT2D eigenvalue weighted by atomic mass is 9.99. The Kier molecular flexibility index (Phi) is 6.14. The Labute approximate surface area is 192 Å². The van der Waals surface area contributed by atoms with Crippen LogP contribution in [0.3, 0.4) is 0 Å². The van der Waals surface area contributed by atoms with Crippen molar-refractivity contribution in [3.63, 3.8) is 0 Å². The normalized spacial score (nSPS) is 14.2. The topological polar surface area (TPSA) is 78.1 Å². The largest absolute Gasteiger partial charge is 0.363 e. The predicted octanol–water partition coefficient (Wildman–Crippen LogP) is 3.82. The molecular weight excluding hydrogens is 419 g/mol. The first-order valence-electron chi connectivity index (χ1n) is 11.0. The van der Waals surface area contributed by atoms with Crippen LogP contribution in [0.15, 0.2) is 41.3 Å². The minimum absolute atomic E-state index is 0.0497. The molecule has 1 saturated heterocycles. The lowest BCUT2D eigenvalue weighted by Crippen LogP contribution is -2.38. The second kappa shape index (κ2) is 9.02. The number of anilines is 2. The molecule has 8 heteroatoms. The van der Waals surface area contributed by atoms with Crippen LogP contribution in [-0.4, -0.2) is 41.7 Å². The highest BCUT2D eigenvalue weighted by Gasteiger charge is 2.24. The Balaban J connectivity index is 1.93. The molecule has 33 heavy (non-hydrogen) atoms. The van der Waals surface area contributed by atoms with Crippen LogP contribution < -0.4 is 15.4 Å². The Bertz CT molecular complexity index is 1270. The zero-order chi connectivity index (χ0) is 23.7. The number of halogens is 1. The van der Waals surface area contributed by atoms with Crippen molar-refractivity contribution in [3.8, 4) is 28.5 Å². The van der Waals surface area contributed by atoms with Crippen LogP contribution in [0, 0.1) is 23.1 Å². The van der Waals surface area contributed by atoms with E-state index in [-0.39, 0.29) is 11.1 Å². The number of piperidine rings is 1. The van der Waals surface area contributed by atoms with E-state index in [1.807, 2.05) is 37.2 Å². The van der Waals surface area contributed by atoms with Crippen LogP contribution in [0.1, 0.15) is 25.3 Å². The maximum atomic E-state index is 14.5. The Morgan fingerprint density at radius 2 is 1.85 bits per heavy atom. The molecule has 0 N–H and O–H groups in total. The quantitative estimate of drug-likeness (QED) is 0.606. The van der Waals surface area contributed by atoms with Gasteiger partial charge in [-0.05, 0) is 43.0 Å².